The number of carbonyl (C=O) groups excluding carboxylic acids is 2. The zero-order valence-electron chi connectivity index (χ0n) is 18.3. The van der Waals surface area contributed by atoms with Crippen molar-refractivity contribution in [3.8, 4) is 17.4 Å². The molecule has 11 heteroatoms. The second-order valence-corrected chi connectivity index (χ2v) is 9.16. The minimum atomic E-state index is -0.544. The van der Waals surface area contributed by atoms with Crippen molar-refractivity contribution < 1.29 is 24.0 Å². The number of aromatic nitrogens is 1. The van der Waals surface area contributed by atoms with Crippen LogP contribution in [0.15, 0.2) is 70.2 Å². The molecule has 0 bridgehead atoms. The maximum atomic E-state index is 12.9. The molecule has 1 saturated heterocycles. The third-order valence-electron chi connectivity index (χ3n) is 4.84. The summed E-state index contributed by atoms with van der Waals surface area (Å²) in [6.45, 7) is 2.36. The summed E-state index contributed by atoms with van der Waals surface area (Å²) in [5.74, 6) is 0.554. The molecular weight excluding hydrogens is 538 g/mol. The van der Waals surface area contributed by atoms with Gasteiger partial charge in [0.1, 0.15) is 6.20 Å². The van der Waals surface area contributed by atoms with E-state index in [1.807, 2.05) is 31.2 Å². The van der Waals surface area contributed by atoms with Crippen LogP contribution in [0, 0.1) is 10.1 Å². The van der Waals surface area contributed by atoms with Gasteiger partial charge in [-0.3, -0.25) is 24.6 Å². The van der Waals surface area contributed by atoms with Crippen LogP contribution < -0.4 is 9.47 Å². The van der Waals surface area contributed by atoms with E-state index < -0.39 is 4.92 Å². The number of ether oxygens (including phenoxy) is 2. The Balaban J connectivity index is 1.53. The maximum absolute atomic E-state index is 12.9. The van der Waals surface area contributed by atoms with Gasteiger partial charge in [-0.05, 0) is 60.2 Å². The van der Waals surface area contributed by atoms with Crippen LogP contribution in [-0.4, -0.2) is 32.6 Å². The van der Waals surface area contributed by atoms with Gasteiger partial charge < -0.3 is 9.47 Å². The molecule has 2 amide bonds. The predicted octanol–water partition coefficient (Wildman–Crippen LogP) is 6.18. The average Bonchev–Trinajstić information content (AvgIpc) is 3.10. The Kier molecular flexibility index (Phi) is 7.47. The molecule has 0 N–H and O–H groups in total. The molecule has 0 unspecified atom stereocenters. The van der Waals surface area contributed by atoms with Crippen molar-refractivity contribution in [1.82, 2.24) is 9.88 Å². The smallest absolute Gasteiger partial charge is 0.293 e. The summed E-state index contributed by atoms with van der Waals surface area (Å²) < 4.78 is 12.3. The number of carbonyl (C=O) groups is 2. The molecule has 0 saturated carbocycles. The van der Waals surface area contributed by atoms with Crippen molar-refractivity contribution in [2.24, 2.45) is 0 Å². The number of thioether (sulfide) groups is 1. The van der Waals surface area contributed by atoms with Gasteiger partial charge in [0.2, 0.25) is 5.88 Å². The van der Waals surface area contributed by atoms with E-state index in [4.69, 9.17) is 9.47 Å². The van der Waals surface area contributed by atoms with Gasteiger partial charge in [0.05, 0.1) is 23.0 Å². The lowest BCUT2D eigenvalue weighted by atomic mass is 10.1. The number of pyridine rings is 1. The number of nitrogens with zero attached hydrogens (tertiary/aromatic N) is 3. The second-order valence-electron chi connectivity index (χ2n) is 7.25. The SMILES string of the molecule is CCOc1cc(/C=C2\SC(=O)N(Cc3ccc(Br)cc3)C2=O)ccc1Oc1ccc([N+](=O)[O-])cn1. The Hall–Kier alpha value is -3.70. The molecule has 1 aromatic heterocycles. The average molecular weight is 556 g/mol. The topological polar surface area (TPSA) is 112 Å². The highest BCUT2D eigenvalue weighted by molar-refractivity contribution is 9.10. The lowest BCUT2D eigenvalue weighted by Gasteiger charge is -2.13. The molecule has 35 heavy (non-hydrogen) atoms. The van der Waals surface area contributed by atoms with Crippen molar-refractivity contribution in [1.29, 1.82) is 0 Å². The number of benzene rings is 2. The first kappa shape index (κ1) is 24.4. The molecular formula is C24H18BrN3O6S. The van der Waals surface area contributed by atoms with Crippen molar-refractivity contribution >= 4 is 50.6 Å². The molecule has 9 nitrogen and oxygen atoms in total. The summed E-state index contributed by atoms with van der Waals surface area (Å²) in [6, 6.07) is 15.1. The van der Waals surface area contributed by atoms with Crippen molar-refractivity contribution in [3.05, 3.63) is 91.4 Å². The van der Waals surface area contributed by atoms with E-state index >= 15 is 0 Å². The Labute approximate surface area is 213 Å². The first-order chi connectivity index (χ1) is 16.8. The molecule has 1 aliphatic rings. The number of hydrogen-bond acceptors (Lipinski definition) is 8. The van der Waals surface area contributed by atoms with Gasteiger partial charge in [-0.25, -0.2) is 4.98 Å². The van der Waals surface area contributed by atoms with Crippen LogP contribution in [-0.2, 0) is 11.3 Å². The van der Waals surface area contributed by atoms with E-state index in [1.54, 1.807) is 24.3 Å². The van der Waals surface area contributed by atoms with Crippen LogP contribution in [0.25, 0.3) is 6.08 Å². The number of imide groups is 1. The normalized spacial score (nSPS) is 14.5. The van der Waals surface area contributed by atoms with Crippen LogP contribution >= 0.6 is 27.7 Å². The van der Waals surface area contributed by atoms with Crippen LogP contribution in [0.4, 0.5) is 10.5 Å². The first-order valence-electron chi connectivity index (χ1n) is 10.4. The first-order valence-corrected chi connectivity index (χ1v) is 12.0. The minimum absolute atomic E-state index is 0.146. The Morgan fingerprint density at radius 3 is 2.54 bits per heavy atom. The predicted molar refractivity (Wildman–Crippen MR) is 134 cm³/mol. The Morgan fingerprint density at radius 1 is 1.11 bits per heavy atom. The van der Waals surface area contributed by atoms with Gasteiger partial charge in [-0.1, -0.05) is 34.1 Å². The van der Waals surface area contributed by atoms with E-state index in [2.05, 4.69) is 20.9 Å². The monoisotopic (exact) mass is 555 g/mol. The lowest BCUT2D eigenvalue weighted by molar-refractivity contribution is -0.385. The number of amides is 2. The fraction of sp³-hybridized carbons (Fsp3) is 0.125. The number of halogens is 1. The molecule has 0 atom stereocenters. The molecule has 2 aromatic carbocycles. The molecule has 1 fully saturated rings. The molecule has 2 heterocycles. The number of rotatable bonds is 8. The Morgan fingerprint density at radius 2 is 1.89 bits per heavy atom. The van der Waals surface area contributed by atoms with Gasteiger partial charge in [-0.2, -0.15) is 0 Å². The zero-order chi connectivity index (χ0) is 24.9. The number of hydrogen-bond donors (Lipinski definition) is 0. The van der Waals surface area contributed by atoms with Gasteiger partial charge >= 0.3 is 0 Å². The summed E-state index contributed by atoms with van der Waals surface area (Å²) in [6.07, 6.45) is 2.73. The highest BCUT2D eigenvalue weighted by Crippen LogP contribution is 2.36. The summed E-state index contributed by atoms with van der Waals surface area (Å²) in [5.41, 5.74) is 1.34. The van der Waals surface area contributed by atoms with Crippen LogP contribution in [0.3, 0.4) is 0 Å². The fourth-order valence-electron chi connectivity index (χ4n) is 3.18. The van der Waals surface area contributed by atoms with Crippen molar-refractivity contribution in [2.75, 3.05) is 6.61 Å². The van der Waals surface area contributed by atoms with E-state index in [9.17, 15) is 19.7 Å². The van der Waals surface area contributed by atoms with Gasteiger partial charge in [0.15, 0.2) is 11.5 Å². The van der Waals surface area contributed by atoms with Gasteiger partial charge in [0, 0.05) is 16.6 Å². The number of nitro groups is 1. The molecule has 0 spiro atoms. The third-order valence-corrected chi connectivity index (χ3v) is 6.28. The standard InChI is InChI=1S/C24H18BrN3O6S/c1-2-33-20-11-16(5-9-19(20)34-22-10-8-18(13-26-22)28(31)32)12-21-23(29)27(24(30)35-21)14-15-3-6-17(25)7-4-15/h3-13H,2,14H2,1H3/b21-12-. The van der Waals surface area contributed by atoms with Crippen molar-refractivity contribution in [3.63, 3.8) is 0 Å². The third kappa shape index (κ3) is 5.87. The zero-order valence-corrected chi connectivity index (χ0v) is 20.7. The fourth-order valence-corrected chi connectivity index (χ4v) is 4.28. The van der Waals surface area contributed by atoms with E-state index in [-0.39, 0.29) is 29.3 Å². The molecule has 178 valence electrons. The quantitative estimate of drug-likeness (QED) is 0.184. The van der Waals surface area contributed by atoms with E-state index in [0.717, 1.165) is 28.0 Å². The summed E-state index contributed by atoms with van der Waals surface area (Å²) in [7, 11) is 0. The van der Waals surface area contributed by atoms with E-state index in [1.165, 1.54) is 17.0 Å². The molecule has 0 aliphatic carbocycles. The Bertz CT molecular complexity index is 1310. The highest BCUT2D eigenvalue weighted by atomic mass is 79.9. The second kappa shape index (κ2) is 10.7. The van der Waals surface area contributed by atoms with Crippen LogP contribution in [0.1, 0.15) is 18.1 Å². The van der Waals surface area contributed by atoms with Crippen LogP contribution in [0.2, 0.25) is 0 Å². The van der Waals surface area contributed by atoms with Gasteiger partial charge in [0.25, 0.3) is 16.8 Å². The molecule has 4 rings (SSSR count). The largest absolute Gasteiger partial charge is 0.490 e. The van der Waals surface area contributed by atoms with Gasteiger partial charge in [-0.15, -0.1) is 0 Å². The van der Waals surface area contributed by atoms with Crippen molar-refractivity contribution in [2.45, 2.75) is 13.5 Å². The molecule has 1 aliphatic heterocycles. The van der Waals surface area contributed by atoms with E-state index in [0.29, 0.717) is 28.6 Å². The molecule has 3 aromatic rings. The molecule has 0 radical (unpaired) electrons. The summed E-state index contributed by atoms with van der Waals surface area (Å²) in [4.78, 5) is 41.1. The van der Waals surface area contributed by atoms with Crippen LogP contribution in [0.5, 0.6) is 17.4 Å². The lowest BCUT2D eigenvalue weighted by Crippen LogP contribution is -2.27. The highest BCUT2D eigenvalue weighted by Gasteiger charge is 2.35. The maximum Gasteiger partial charge on any atom is 0.293 e. The summed E-state index contributed by atoms with van der Waals surface area (Å²) >= 11 is 4.25. The summed E-state index contributed by atoms with van der Waals surface area (Å²) in [5, 5.41) is 10.5. The minimum Gasteiger partial charge on any atom is -0.490 e.